The van der Waals surface area contributed by atoms with Crippen LogP contribution < -0.4 is 4.74 Å². The first-order valence-electron chi connectivity index (χ1n) is 4.86. The molecule has 0 aliphatic carbocycles. The van der Waals surface area contributed by atoms with Crippen LogP contribution in [0.2, 0.25) is 0 Å². The van der Waals surface area contributed by atoms with Crippen molar-refractivity contribution in [2.75, 3.05) is 7.11 Å². The van der Waals surface area contributed by atoms with Gasteiger partial charge in [-0.2, -0.15) is 4.98 Å². The quantitative estimate of drug-likeness (QED) is 0.772. The molecule has 2 heterocycles. The summed E-state index contributed by atoms with van der Waals surface area (Å²) in [6, 6.07) is 5.14. The van der Waals surface area contributed by atoms with Gasteiger partial charge in [0.2, 0.25) is 5.88 Å². The molecule has 0 aliphatic rings. The van der Waals surface area contributed by atoms with Crippen LogP contribution in [-0.4, -0.2) is 22.2 Å². The Kier molecular flexibility index (Phi) is 2.45. The van der Waals surface area contributed by atoms with Crippen molar-refractivity contribution in [3.05, 3.63) is 23.6 Å². The molecule has 4 nitrogen and oxygen atoms in total. The van der Waals surface area contributed by atoms with Crippen molar-refractivity contribution < 1.29 is 9.84 Å². The summed E-state index contributed by atoms with van der Waals surface area (Å²) >= 11 is 3.01. The maximum Gasteiger partial charge on any atom is 0.224 e. The Morgan fingerprint density at radius 2 is 2.12 bits per heavy atom. The number of phenols is 1. The van der Waals surface area contributed by atoms with E-state index < -0.39 is 0 Å². The van der Waals surface area contributed by atoms with Gasteiger partial charge in [0, 0.05) is 0 Å². The number of aromatic hydroxyl groups is 1. The van der Waals surface area contributed by atoms with Crippen LogP contribution >= 0.6 is 22.7 Å². The molecule has 0 amide bonds. The van der Waals surface area contributed by atoms with Crippen LogP contribution in [0.4, 0.5) is 0 Å². The summed E-state index contributed by atoms with van der Waals surface area (Å²) in [5.41, 5.74) is 0.872. The predicted molar refractivity (Wildman–Crippen MR) is 68.9 cm³/mol. The van der Waals surface area contributed by atoms with E-state index in [-0.39, 0.29) is 5.75 Å². The Hall–Kier alpha value is -1.66. The SMILES string of the molecule is COc1csc(-c2nc3ccc(O)cc3s2)n1. The van der Waals surface area contributed by atoms with E-state index in [0.717, 1.165) is 20.2 Å². The number of benzene rings is 1. The second-order valence-corrected chi connectivity index (χ2v) is 5.25. The Morgan fingerprint density at radius 3 is 2.88 bits per heavy atom. The van der Waals surface area contributed by atoms with Gasteiger partial charge in [-0.25, -0.2) is 4.98 Å². The number of aromatic nitrogens is 2. The van der Waals surface area contributed by atoms with E-state index in [1.165, 1.54) is 22.7 Å². The van der Waals surface area contributed by atoms with Gasteiger partial charge in [0.1, 0.15) is 5.75 Å². The molecule has 17 heavy (non-hydrogen) atoms. The van der Waals surface area contributed by atoms with Crippen LogP contribution in [0.5, 0.6) is 11.6 Å². The van der Waals surface area contributed by atoms with Gasteiger partial charge < -0.3 is 9.84 Å². The zero-order valence-corrected chi connectivity index (χ0v) is 10.5. The van der Waals surface area contributed by atoms with Crippen molar-refractivity contribution >= 4 is 32.9 Å². The molecule has 2 aromatic heterocycles. The third kappa shape index (κ3) is 1.85. The molecule has 86 valence electrons. The van der Waals surface area contributed by atoms with E-state index in [0.29, 0.717) is 5.88 Å². The molecule has 0 aliphatic heterocycles. The summed E-state index contributed by atoms with van der Waals surface area (Å²) in [5.74, 6) is 0.858. The molecule has 0 fully saturated rings. The van der Waals surface area contributed by atoms with Gasteiger partial charge >= 0.3 is 0 Å². The van der Waals surface area contributed by atoms with E-state index in [2.05, 4.69) is 9.97 Å². The molecule has 0 radical (unpaired) electrons. The highest BCUT2D eigenvalue weighted by Gasteiger charge is 2.10. The first-order chi connectivity index (χ1) is 8.26. The highest BCUT2D eigenvalue weighted by atomic mass is 32.1. The molecule has 6 heteroatoms. The molecule has 3 rings (SSSR count). The maximum absolute atomic E-state index is 9.40. The molecule has 1 N–H and O–H groups in total. The third-order valence-electron chi connectivity index (χ3n) is 2.25. The number of thiazole rings is 2. The smallest absolute Gasteiger partial charge is 0.224 e. The van der Waals surface area contributed by atoms with Gasteiger partial charge in [0.25, 0.3) is 0 Å². The van der Waals surface area contributed by atoms with Crippen LogP contribution in [0, 0.1) is 0 Å². The normalized spacial score (nSPS) is 10.9. The van der Waals surface area contributed by atoms with E-state index in [1.54, 1.807) is 25.3 Å². The monoisotopic (exact) mass is 264 g/mol. The van der Waals surface area contributed by atoms with Gasteiger partial charge in [0.15, 0.2) is 10.0 Å². The number of rotatable bonds is 2. The molecule has 0 unspecified atom stereocenters. The van der Waals surface area contributed by atoms with E-state index in [4.69, 9.17) is 4.74 Å². The summed E-state index contributed by atoms with van der Waals surface area (Å²) < 4.78 is 6.00. The van der Waals surface area contributed by atoms with Crippen LogP contribution in [0.3, 0.4) is 0 Å². The van der Waals surface area contributed by atoms with Gasteiger partial charge in [0.05, 0.1) is 22.7 Å². The number of hydrogen-bond acceptors (Lipinski definition) is 6. The fourth-order valence-electron chi connectivity index (χ4n) is 1.46. The zero-order chi connectivity index (χ0) is 11.8. The van der Waals surface area contributed by atoms with E-state index >= 15 is 0 Å². The topological polar surface area (TPSA) is 55.2 Å². The standard InChI is InChI=1S/C11H8N2O2S2/c1-15-9-5-16-10(13-9)11-12-7-3-2-6(14)4-8(7)17-11/h2-5,14H,1H3. The first-order valence-corrected chi connectivity index (χ1v) is 6.55. The largest absolute Gasteiger partial charge is 0.508 e. The minimum atomic E-state index is 0.254. The third-order valence-corrected chi connectivity index (χ3v) is 4.23. The maximum atomic E-state index is 9.40. The number of nitrogens with zero attached hydrogens (tertiary/aromatic N) is 2. The molecule has 3 aromatic rings. The molecular formula is C11H8N2O2S2. The molecule has 0 bridgehead atoms. The highest BCUT2D eigenvalue weighted by molar-refractivity contribution is 7.25. The fourth-order valence-corrected chi connectivity index (χ4v) is 3.26. The molecular weight excluding hydrogens is 256 g/mol. The summed E-state index contributed by atoms with van der Waals surface area (Å²) in [7, 11) is 1.59. The lowest BCUT2D eigenvalue weighted by molar-refractivity contribution is 0.401. The number of ether oxygens (including phenoxy) is 1. The van der Waals surface area contributed by atoms with Gasteiger partial charge in [-0.1, -0.05) is 0 Å². The number of fused-ring (bicyclic) bond motifs is 1. The lowest BCUT2D eigenvalue weighted by Gasteiger charge is -1.88. The lowest BCUT2D eigenvalue weighted by atomic mass is 10.3. The Labute approximate surface area is 105 Å². The fraction of sp³-hybridized carbons (Fsp3) is 0.0909. The summed E-state index contributed by atoms with van der Waals surface area (Å²) in [6.45, 7) is 0. The number of hydrogen-bond donors (Lipinski definition) is 1. The summed E-state index contributed by atoms with van der Waals surface area (Å²) in [5, 5.41) is 12.9. The zero-order valence-electron chi connectivity index (χ0n) is 8.88. The van der Waals surface area contributed by atoms with Crippen molar-refractivity contribution in [2.45, 2.75) is 0 Å². The first kappa shape index (κ1) is 10.5. The minimum Gasteiger partial charge on any atom is -0.508 e. The molecule has 0 spiro atoms. The second kappa shape index (κ2) is 3.97. The van der Waals surface area contributed by atoms with Crippen LogP contribution in [0.15, 0.2) is 23.6 Å². The predicted octanol–water partition coefficient (Wildman–Crippen LogP) is 3.13. The molecule has 0 atom stereocenters. The lowest BCUT2D eigenvalue weighted by Crippen LogP contribution is -1.81. The second-order valence-electron chi connectivity index (χ2n) is 3.37. The minimum absolute atomic E-state index is 0.254. The van der Waals surface area contributed by atoms with Crippen molar-refractivity contribution in [1.82, 2.24) is 9.97 Å². The van der Waals surface area contributed by atoms with Gasteiger partial charge in [-0.15, -0.1) is 22.7 Å². The molecule has 1 aromatic carbocycles. The number of phenolic OH excluding ortho intramolecular Hbond substituents is 1. The number of methoxy groups -OCH3 is 1. The van der Waals surface area contributed by atoms with Crippen LogP contribution in [0.1, 0.15) is 0 Å². The average Bonchev–Trinajstić information content (AvgIpc) is 2.93. The molecule has 0 saturated heterocycles. The van der Waals surface area contributed by atoms with Crippen molar-refractivity contribution in [1.29, 1.82) is 0 Å². The van der Waals surface area contributed by atoms with E-state index in [9.17, 15) is 5.11 Å². The van der Waals surface area contributed by atoms with Gasteiger partial charge in [-0.3, -0.25) is 0 Å². The van der Waals surface area contributed by atoms with Crippen molar-refractivity contribution in [3.63, 3.8) is 0 Å². The summed E-state index contributed by atoms with van der Waals surface area (Å²) in [4.78, 5) is 8.77. The average molecular weight is 264 g/mol. The highest BCUT2D eigenvalue weighted by Crippen LogP contribution is 2.34. The Morgan fingerprint density at radius 1 is 1.24 bits per heavy atom. The Balaban J connectivity index is 2.11. The van der Waals surface area contributed by atoms with Gasteiger partial charge in [-0.05, 0) is 18.2 Å². The summed E-state index contributed by atoms with van der Waals surface area (Å²) in [6.07, 6.45) is 0. The Bertz CT molecular complexity index is 675. The van der Waals surface area contributed by atoms with Crippen LogP contribution in [0.25, 0.3) is 20.2 Å². The van der Waals surface area contributed by atoms with Crippen molar-refractivity contribution in [2.24, 2.45) is 0 Å². The molecule has 0 saturated carbocycles. The van der Waals surface area contributed by atoms with Crippen molar-refractivity contribution in [3.8, 4) is 21.6 Å². The van der Waals surface area contributed by atoms with Crippen LogP contribution in [-0.2, 0) is 0 Å². The van der Waals surface area contributed by atoms with E-state index in [1.807, 2.05) is 5.38 Å².